The van der Waals surface area contributed by atoms with Crippen molar-refractivity contribution >= 4 is 22.1 Å². The Kier molecular flexibility index (Phi) is 3.71. The molecule has 0 fully saturated rings. The van der Waals surface area contributed by atoms with Crippen LogP contribution in [0.1, 0.15) is 46.6 Å². The Bertz CT molecular complexity index is 756. The number of hydrogen-bond acceptors (Lipinski definition) is 5. The second-order valence-electron chi connectivity index (χ2n) is 6.38. The molecule has 2 aromatic rings. The molecule has 0 saturated carbocycles. The van der Waals surface area contributed by atoms with Crippen LogP contribution in [0, 0.1) is 16.7 Å². The summed E-state index contributed by atoms with van der Waals surface area (Å²) in [4.78, 5) is 17.2. The van der Waals surface area contributed by atoms with Gasteiger partial charge in [0.05, 0.1) is 5.56 Å². The first-order valence-corrected chi connectivity index (χ1v) is 8.03. The van der Waals surface area contributed by atoms with Gasteiger partial charge in [-0.15, -0.1) is 11.3 Å². The van der Waals surface area contributed by atoms with Gasteiger partial charge in [0.2, 0.25) is 0 Å². The van der Waals surface area contributed by atoms with Crippen molar-refractivity contribution in [3.8, 4) is 6.07 Å². The zero-order valence-electron chi connectivity index (χ0n) is 12.6. The molecule has 3 rings (SSSR count). The normalized spacial score (nSPS) is 16.0. The Labute approximate surface area is 133 Å². The lowest BCUT2D eigenvalue weighted by Crippen LogP contribution is -2.27. The van der Waals surface area contributed by atoms with E-state index in [1.54, 1.807) is 12.4 Å². The van der Waals surface area contributed by atoms with Gasteiger partial charge in [0.25, 0.3) is 0 Å². The van der Waals surface area contributed by atoms with Crippen molar-refractivity contribution in [1.82, 2.24) is 4.98 Å². The summed E-state index contributed by atoms with van der Waals surface area (Å²) >= 11 is 1.39. The summed E-state index contributed by atoms with van der Waals surface area (Å²) in [7, 11) is 0. The van der Waals surface area contributed by atoms with Crippen LogP contribution in [0.5, 0.6) is 0 Å². The highest BCUT2D eigenvalue weighted by Gasteiger charge is 2.36. The number of carbonyl (C=O) groups excluding carboxylic acids is 1. The predicted octanol–water partition coefficient (Wildman–Crippen LogP) is 3.78. The van der Waals surface area contributed by atoms with E-state index in [0.717, 1.165) is 28.1 Å². The molecule has 2 heterocycles. The molecule has 1 aliphatic rings. The summed E-state index contributed by atoms with van der Waals surface area (Å²) in [6.07, 6.45) is 4.81. The van der Waals surface area contributed by atoms with Gasteiger partial charge >= 0.3 is 0 Å². The summed E-state index contributed by atoms with van der Waals surface area (Å²) in [5, 5.41) is 13.5. The Morgan fingerprint density at radius 3 is 2.77 bits per heavy atom. The largest absolute Gasteiger partial charge is 0.372 e. The van der Waals surface area contributed by atoms with Crippen molar-refractivity contribution in [1.29, 1.82) is 5.26 Å². The molecule has 112 valence electrons. The average Bonchev–Trinajstić information content (AvgIpc) is 2.82. The van der Waals surface area contributed by atoms with Crippen molar-refractivity contribution in [3.05, 3.63) is 46.1 Å². The zero-order valence-corrected chi connectivity index (χ0v) is 13.5. The van der Waals surface area contributed by atoms with E-state index in [4.69, 9.17) is 0 Å². The Morgan fingerprint density at radius 2 is 2.09 bits per heavy atom. The molecule has 0 aromatic carbocycles. The van der Waals surface area contributed by atoms with E-state index in [-0.39, 0.29) is 11.2 Å². The second-order valence-corrected chi connectivity index (χ2v) is 7.40. The van der Waals surface area contributed by atoms with Crippen molar-refractivity contribution in [3.63, 3.8) is 0 Å². The molecule has 1 aliphatic carbocycles. The number of pyridine rings is 1. The summed E-state index contributed by atoms with van der Waals surface area (Å²) < 4.78 is 0. The van der Waals surface area contributed by atoms with Crippen molar-refractivity contribution in [2.24, 2.45) is 5.41 Å². The maximum atomic E-state index is 12.5. The number of nitrogens with zero attached hydrogens (tertiary/aromatic N) is 2. The van der Waals surface area contributed by atoms with Crippen LogP contribution in [-0.4, -0.2) is 10.8 Å². The first kappa shape index (κ1) is 14.7. The summed E-state index contributed by atoms with van der Waals surface area (Å²) in [5.74, 6) is 0.140. The molecular weight excluding hydrogens is 294 g/mol. The van der Waals surface area contributed by atoms with E-state index < -0.39 is 0 Å². The van der Waals surface area contributed by atoms with Crippen molar-refractivity contribution in [2.75, 3.05) is 5.32 Å². The van der Waals surface area contributed by atoms with E-state index in [1.807, 2.05) is 12.1 Å². The number of hydrogen-bond donors (Lipinski definition) is 1. The summed E-state index contributed by atoms with van der Waals surface area (Å²) in [5.41, 5.74) is 2.68. The number of fused-ring (bicyclic) bond motifs is 1. The van der Waals surface area contributed by atoms with E-state index in [2.05, 4.69) is 30.2 Å². The van der Waals surface area contributed by atoms with E-state index in [9.17, 15) is 10.1 Å². The standard InChI is InChI=1S/C17H17N3OS/c1-17(2)7-12-14(9-18)22-16(15(12)13(21)8-17)20-10-11-3-5-19-6-4-11/h3-6,20H,7-8,10H2,1-2H3. The molecule has 0 bridgehead atoms. The lowest BCUT2D eigenvalue weighted by atomic mass is 9.74. The fourth-order valence-corrected chi connectivity index (χ4v) is 3.92. The second kappa shape index (κ2) is 5.54. The zero-order chi connectivity index (χ0) is 15.7. The van der Waals surface area contributed by atoms with Gasteiger partial charge in [-0.1, -0.05) is 13.8 Å². The molecule has 0 unspecified atom stereocenters. The molecule has 1 N–H and O–H groups in total. The minimum absolute atomic E-state index is 0.0703. The third-order valence-corrected chi connectivity index (χ3v) is 4.98. The molecule has 0 atom stereocenters. The fraction of sp³-hybridized carbons (Fsp3) is 0.353. The molecule has 0 saturated heterocycles. The number of nitrogens with one attached hydrogen (secondary N) is 1. The van der Waals surface area contributed by atoms with Crippen LogP contribution in [0.25, 0.3) is 0 Å². The first-order chi connectivity index (χ1) is 10.5. The molecule has 0 amide bonds. The minimum Gasteiger partial charge on any atom is -0.372 e. The summed E-state index contributed by atoms with van der Waals surface area (Å²) in [6, 6.07) is 6.12. The van der Waals surface area contributed by atoms with Crippen LogP contribution in [0.4, 0.5) is 5.00 Å². The number of aromatic nitrogens is 1. The number of Topliss-reactive ketones (excluding diaryl/α,β-unsaturated/α-hetero) is 1. The molecule has 2 aromatic heterocycles. The Morgan fingerprint density at radius 1 is 1.36 bits per heavy atom. The van der Waals surface area contributed by atoms with Gasteiger partial charge in [0, 0.05) is 25.4 Å². The third kappa shape index (κ3) is 2.75. The third-order valence-electron chi connectivity index (χ3n) is 3.88. The average molecular weight is 311 g/mol. The monoisotopic (exact) mass is 311 g/mol. The van der Waals surface area contributed by atoms with Gasteiger partial charge in [-0.05, 0) is 35.1 Å². The number of carbonyl (C=O) groups is 1. The van der Waals surface area contributed by atoms with E-state index in [0.29, 0.717) is 17.8 Å². The van der Waals surface area contributed by atoms with Crippen LogP contribution < -0.4 is 5.32 Å². The predicted molar refractivity (Wildman–Crippen MR) is 87.0 cm³/mol. The van der Waals surface area contributed by atoms with Gasteiger partial charge in [0.1, 0.15) is 15.9 Å². The van der Waals surface area contributed by atoms with E-state index in [1.165, 1.54) is 11.3 Å². The van der Waals surface area contributed by atoms with Crippen LogP contribution in [0.15, 0.2) is 24.5 Å². The van der Waals surface area contributed by atoms with E-state index >= 15 is 0 Å². The smallest absolute Gasteiger partial charge is 0.166 e. The van der Waals surface area contributed by atoms with Crippen LogP contribution in [0.3, 0.4) is 0 Å². The molecule has 0 spiro atoms. The van der Waals surface area contributed by atoms with Gasteiger partial charge in [-0.2, -0.15) is 5.26 Å². The fourth-order valence-electron chi connectivity index (χ4n) is 2.89. The molecule has 5 heteroatoms. The van der Waals surface area contributed by atoms with Crippen molar-refractivity contribution in [2.45, 2.75) is 33.2 Å². The van der Waals surface area contributed by atoms with Gasteiger partial charge in [-0.25, -0.2) is 0 Å². The number of thiophene rings is 1. The maximum absolute atomic E-state index is 12.5. The van der Waals surface area contributed by atoms with Gasteiger partial charge in [0.15, 0.2) is 5.78 Å². The molecule has 22 heavy (non-hydrogen) atoms. The van der Waals surface area contributed by atoms with Crippen LogP contribution in [-0.2, 0) is 13.0 Å². The molecule has 0 radical (unpaired) electrons. The number of anilines is 1. The minimum atomic E-state index is -0.0703. The lowest BCUT2D eigenvalue weighted by Gasteiger charge is -2.29. The van der Waals surface area contributed by atoms with Crippen LogP contribution >= 0.6 is 11.3 Å². The van der Waals surface area contributed by atoms with Crippen LogP contribution in [0.2, 0.25) is 0 Å². The highest BCUT2D eigenvalue weighted by Crippen LogP contribution is 2.43. The quantitative estimate of drug-likeness (QED) is 0.936. The molecule has 0 aliphatic heterocycles. The van der Waals surface area contributed by atoms with Gasteiger partial charge < -0.3 is 5.32 Å². The topological polar surface area (TPSA) is 65.8 Å². The SMILES string of the molecule is CC1(C)CC(=O)c2c(NCc3ccncc3)sc(C#N)c2C1. The number of rotatable bonds is 3. The Hall–Kier alpha value is -2.19. The van der Waals surface area contributed by atoms with Gasteiger partial charge in [-0.3, -0.25) is 9.78 Å². The Balaban J connectivity index is 1.92. The molecule has 4 nitrogen and oxygen atoms in total. The lowest BCUT2D eigenvalue weighted by molar-refractivity contribution is 0.0914. The highest BCUT2D eigenvalue weighted by molar-refractivity contribution is 7.17. The maximum Gasteiger partial charge on any atom is 0.166 e. The van der Waals surface area contributed by atoms with Crippen molar-refractivity contribution < 1.29 is 4.79 Å². The first-order valence-electron chi connectivity index (χ1n) is 7.22. The molecular formula is C17H17N3OS. The summed E-state index contributed by atoms with van der Waals surface area (Å²) in [6.45, 7) is 4.78. The number of ketones is 1. The number of nitriles is 1. The highest BCUT2D eigenvalue weighted by atomic mass is 32.1.